The van der Waals surface area contributed by atoms with Gasteiger partial charge in [-0.15, -0.1) is 0 Å². The van der Waals surface area contributed by atoms with Crippen molar-refractivity contribution >= 4 is 11.9 Å². The second-order valence-corrected chi connectivity index (χ2v) is 6.59. The Hall–Kier alpha value is -1.06. The topological polar surface area (TPSA) is 74.6 Å². The number of hydrogen-bond acceptors (Lipinski definition) is 2. The van der Waals surface area contributed by atoms with Gasteiger partial charge in [0.2, 0.25) is 0 Å². The van der Waals surface area contributed by atoms with E-state index in [1.54, 1.807) is 6.92 Å². The Bertz CT molecular complexity index is 314. The lowest BCUT2D eigenvalue weighted by Crippen LogP contribution is -2.19. The third-order valence-electron chi connectivity index (χ3n) is 4.49. The fourth-order valence-corrected chi connectivity index (χ4v) is 3.01. The van der Waals surface area contributed by atoms with Crippen molar-refractivity contribution < 1.29 is 19.8 Å². The molecule has 0 fully saturated rings. The minimum atomic E-state index is -0.796. The zero-order chi connectivity index (χ0) is 17.0. The van der Waals surface area contributed by atoms with Crippen LogP contribution in [0.3, 0.4) is 0 Å². The Morgan fingerprint density at radius 3 is 2.00 bits per heavy atom. The number of unbranched alkanes of at least 4 members (excludes halogenated alkanes) is 2. The zero-order valence-corrected chi connectivity index (χ0v) is 14.5. The van der Waals surface area contributed by atoms with E-state index in [1.165, 1.54) is 19.3 Å². The van der Waals surface area contributed by atoms with Crippen molar-refractivity contribution in [2.45, 2.75) is 85.0 Å². The van der Waals surface area contributed by atoms with E-state index in [4.69, 9.17) is 5.11 Å². The number of carbonyl (C=O) groups is 2. The maximum atomic E-state index is 11.5. The van der Waals surface area contributed by atoms with Crippen molar-refractivity contribution in [2.24, 2.45) is 17.8 Å². The van der Waals surface area contributed by atoms with E-state index in [9.17, 15) is 14.7 Å². The minimum Gasteiger partial charge on any atom is -0.481 e. The second-order valence-electron chi connectivity index (χ2n) is 6.59. The first kappa shape index (κ1) is 20.9. The van der Waals surface area contributed by atoms with Crippen LogP contribution < -0.4 is 0 Å². The summed E-state index contributed by atoms with van der Waals surface area (Å²) in [6.07, 6.45) is 9.49. The molecular weight excluding hydrogens is 280 g/mol. The fourth-order valence-electron chi connectivity index (χ4n) is 3.01. The molecule has 0 saturated heterocycles. The van der Waals surface area contributed by atoms with Crippen LogP contribution in [0.25, 0.3) is 0 Å². The fraction of sp³-hybridized carbons (Fsp3) is 0.889. The molecule has 0 aromatic heterocycles. The summed E-state index contributed by atoms with van der Waals surface area (Å²) in [4.78, 5) is 22.3. The second kappa shape index (κ2) is 12.5. The molecule has 0 heterocycles. The molecule has 0 aliphatic rings. The maximum absolute atomic E-state index is 11.5. The molecule has 3 atom stereocenters. The Kier molecular flexibility index (Phi) is 11.9. The number of hydrogen-bond donors (Lipinski definition) is 2. The molecule has 22 heavy (non-hydrogen) atoms. The molecule has 130 valence electrons. The van der Waals surface area contributed by atoms with Crippen LogP contribution in [0.15, 0.2) is 0 Å². The lowest BCUT2D eigenvalue weighted by atomic mass is 9.84. The van der Waals surface area contributed by atoms with E-state index in [0.29, 0.717) is 25.2 Å². The predicted octanol–water partition coefficient (Wildman–Crippen LogP) is 4.96. The average Bonchev–Trinajstić information content (AvgIpc) is 2.45. The van der Waals surface area contributed by atoms with Crippen LogP contribution in [-0.4, -0.2) is 22.2 Å². The Morgan fingerprint density at radius 2 is 1.50 bits per heavy atom. The standard InChI is InChI=1S/C18H34O4/c1-4-6-7-11-15(9-5-2)13-16(18(21)22)12-8-10-14(3)17(19)20/h14-16H,4-13H2,1-3H3,(H,19,20)(H,21,22). The molecule has 4 nitrogen and oxygen atoms in total. The van der Waals surface area contributed by atoms with Gasteiger partial charge >= 0.3 is 11.9 Å². The summed E-state index contributed by atoms with van der Waals surface area (Å²) in [6, 6.07) is 0. The van der Waals surface area contributed by atoms with Gasteiger partial charge in [0.05, 0.1) is 11.8 Å². The van der Waals surface area contributed by atoms with E-state index < -0.39 is 11.9 Å². The zero-order valence-electron chi connectivity index (χ0n) is 14.5. The Labute approximate surface area is 135 Å². The molecule has 0 radical (unpaired) electrons. The van der Waals surface area contributed by atoms with Crippen molar-refractivity contribution in [1.82, 2.24) is 0 Å². The van der Waals surface area contributed by atoms with Crippen LogP contribution in [0.4, 0.5) is 0 Å². The van der Waals surface area contributed by atoms with Crippen molar-refractivity contribution in [1.29, 1.82) is 0 Å². The summed E-state index contributed by atoms with van der Waals surface area (Å²) >= 11 is 0. The largest absolute Gasteiger partial charge is 0.481 e. The molecule has 2 N–H and O–H groups in total. The van der Waals surface area contributed by atoms with Crippen LogP contribution in [0.5, 0.6) is 0 Å². The van der Waals surface area contributed by atoms with Crippen LogP contribution >= 0.6 is 0 Å². The first-order valence-electron chi connectivity index (χ1n) is 8.87. The highest BCUT2D eigenvalue weighted by atomic mass is 16.4. The van der Waals surface area contributed by atoms with Crippen molar-refractivity contribution in [3.05, 3.63) is 0 Å². The lowest BCUT2D eigenvalue weighted by Gasteiger charge is -2.21. The molecule has 0 bridgehead atoms. The van der Waals surface area contributed by atoms with Gasteiger partial charge in [0.15, 0.2) is 0 Å². The van der Waals surface area contributed by atoms with Gasteiger partial charge in [0.1, 0.15) is 0 Å². The van der Waals surface area contributed by atoms with E-state index in [-0.39, 0.29) is 11.8 Å². The van der Waals surface area contributed by atoms with Gasteiger partial charge in [-0.2, -0.15) is 0 Å². The highest BCUT2D eigenvalue weighted by Crippen LogP contribution is 2.27. The molecule has 0 amide bonds. The highest BCUT2D eigenvalue weighted by molar-refractivity contribution is 5.70. The van der Waals surface area contributed by atoms with E-state index in [0.717, 1.165) is 25.7 Å². The summed E-state index contributed by atoms with van der Waals surface area (Å²) in [5, 5.41) is 18.3. The third-order valence-corrected chi connectivity index (χ3v) is 4.49. The smallest absolute Gasteiger partial charge is 0.306 e. The summed E-state index contributed by atoms with van der Waals surface area (Å²) < 4.78 is 0. The monoisotopic (exact) mass is 314 g/mol. The molecule has 0 saturated carbocycles. The number of aliphatic carboxylic acids is 2. The minimum absolute atomic E-state index is 0.320. The van der Waals surface area contributed by atoms with Gasteiger partial charge in [-0.1, -0.05) is 65.7 Å². The van der Waals surface area contributed by atoms with Crippen LogP contribution in [0, 0.1) is 17.8 Å². The van der Waals surface area contributed by atoms with Gasteiger partial charge in [-0.3, -0.25) is 9.59 Å². The molecule has 4 heteroatoms. The van der Waals surface area contributed by atoms with Crippen LogP contribution in [-0.2, 0) is 9.59 Å². The quantitative estimate of drug-likeness (QED) is 0.444. The van der Waals surface area contributed by atoms with E-state index in [1.807, 2.05) is 0 Å². The van der Waals surface area contributed by atoms with Gasteiger partial charge in [0.25, 0.3) is 0 Å². The molecule has 0 rings (SSSR count). The van der Waals surface area contributed by atoms with Gasteiger partial charge < -0.3 is 10.2 Å². The predicted molar refractivity (Wildman–Crippen MR) is 88.9 cm³/mol. The number of rotatable bonds is 14. The molecular formula is C18H34O4. The Balaban J connectivity index is 4.32. The summed E-state index contributed by atoms with van der Waals surface area (Å²) in [5.74, 6) is -1.73. The van der Waals surface area contributed by atoms with E-state index in [2.05, 4.69) is 13.8 Å². The normalized spacial score (nSPS) is 15.2. The number of carboxylic acids is 2. The highest BCUT2D eigenvalue weighted by Gasteiger charge is 2.22. The van der Waals surface area contributed by atoms with Crippen LogP contribution in [0.1, 0.15) is 85.0 Å². The van der Waals surface area contributed by atoms with Crippen molar-refractivity contribution in [3.8, 4) is 0 Å². The average molecular weight is 314 g/mol. The van der Waals surface area contributed by atoms with Gasteiger partial charge in [0, 0.05) is 0 Å². The first-order chi connectivity index (χ1) is 10.4. The summed E-state index contributed by atoms with van der Waals surface area (Å²) in [6.45, 7) is 6.01. The summed E-state index contributed by atoms with van der Waals surface area (Å²) in [7, 11) is 0. The van der Waals surface area contributed by atoms with Crippen LogP contribution in [0.2, 0.25) is 0 Å². The van der Waals surface area contributed by atoms with Crippen molar-refractivity contribution in [2.75, 3.05) is 0 Å². The third kappa shape index (κ3) is 9.80. The first-order valence-corrected chi connectivity index (χ1v) is 8.87. The molecule has 0 aromatic rings. The van der Waals surface area contributed by atoms with E-state index >= 15 is 0 Å². The maximum Gasteiger partial charge on any atom is 0.306 e. The summed E-state index contributed by atoms with van der Waals surface area (Å²) in [5.41, 5.74) is 0. The SMILES string of the molecule is CCCCCC(CCC)CC(CCCC(C)C(=O)O)C(=O)O. The Morgan fingerprint density at radius 1 is 0.818 bits per heavy atom. The molecule has 0 aromatic carbocycles. The van der Waals surface area contributed by atoms with Crippen molar-refractivity contribution in [3.63, 3.8) is 0 Å². The van der Waals surface area contributed by atoms with Gasteiger partial charge in [-0.05, 0) is 25.2 Å². The molecule has 3 unspecified atom stereocenters. The molecule has 0 spiro atoms. The number of carboxylic acid groups (broad SMARTS) is 2. The molecule has 0 aliphatic carbocycles. The van der Waals surface area contributed by atoms with Gasteiger partial charge in [-0.25, -0.2) is 0 Å². The molecule has 0 aliphatic heterocycles. The lowest BCUT2D eigenvalue weighted by molar-refractivity contribution is -0.142.